The Morgan fingerprint density at radius 3 is 1.01 bits per heavy atom. The van der Waals surface area contributed by atoms with Crippen molar-refractivity contribution in [3.63, 3.8) is 0 Å². The summed E-state index contributed by atoms with van der Waals surface area (Å²) >= 11 is 0. The Morgan fingerprint density at radius 1 is 0.250 bits per heavy atom. The molecule has 0 aliphatic heterocycles. The molecule has 0 fully saturated rings. The number of pyridine rings is 2. The van der Waals surface area contributed by atoms with Gasteiger partial charge in [0.25, 0.3) is 0 Å². The molecule has 0 unspecified atom stereocenters. The first-order valence-corrected chi connectivity index (χ1v) is 24.5. The Kier molecular flexibility index (Phi) is 7.38. The van der Waals surface area contributed by atoms with Crippen LogP contribution in [-0.2, 0) is 0 Å². The molecule has 0 radical (unpaired) electrons. The molecule has 0 saturated carbocycles. The minimum atomic E-state index is 0.817. The van der Waals surface area contributed by atoms with Gasteiger partial charge >= 0.3 is 0 Å². The summed E-state index contributed by atoms with van der Waals surface area (Å²) in [4.78, 5) is 21.3. The fourth-order valence-corrected chi connectivity index (χ4v) is 12.6. The number of rotatable bonds is 4. The van der Waals surface area contributed by atoms with Crippen molar-refractivity contribution in [3.8, 4) is 44.5 Å². The van der Waals surface area contributed by atoms with Crippen LogP contribution in [0.15, 0.2) is 219 Å². The Balaban J connectivity index is 1.16. The summed E-state index contributed by atoms with van der Waals surface area (Å²) < 4.78 is 5.12. The van der Waals surface area contributed by atoms with E-state index >= 15 is 0 Å². The number of nitrogens with zero attached hydrogens (tertiary/aromatic N) is 6. The molecule has 0 saturated heterocycles. The van der Waals surface area contributed by atoms with E-state index in [4.69, 9.17) is 19.9 Å². The van der Waals surface area contributed by atoms with Crippen molar-refractivity contribution in [2.45, 2.75) is 0 Å². The van der Waals surface area contributed by atoms with Gasteiger partial charge in [0.1, 0.15) is 11.0 Å². The second-order valence-corrected chi connectivity index (χ2v) is 19.3. The standard InChI is InChI=1S/C66H36N6/c1-5-13-37(14-6-1)41-21-23-55-47(29-41)49-31-43(39-17-9-3-10-18-39)33-51-57-61-62(70-60-54-36-68-28-26-46(54)45-25-27-67-35-53(45)59(60)69-61)58-52-34-44(40-19-11-4-12-20-40)32-50-48-30-42(38-15-7-2-8-16-38)22-24-56(48)72(64(50)52)66(58)65(57)71(55)63(49)51/h1-36H. The third-order valence-electron chi connectivity index (χ3n) is 15.6. The lowest BCUT2D eigenvalue weighted by molar-refractivity contribution is 1.33. The summed E-state index contributed by atoms with van der Waals surface area (Å²) in [6, 6.07) is 70.9. The Bertz CT molecular complexity index is 4800. The third-order valence-corrected chi connectivity index (χ3v) is 15.6. The highest BCUT2D eigenvalue weighted by molar-refractivity contribution is 6.41. The molecular weight excluding hydrogens is 877 g/mol. The molecule has 10 aromatic carbocycles. The second kappa shape index (κ2) is 13.9. The first-order chi connectivity index (χ1) is 35.7. The molecule has 17 rings (SSSR count). The largest absolute Gasteiger partial charge is 0.306 e. The van der Waals surface area contributed by atoms with Crippen LogP contribution in [0, 0.1) is 0 Å². The van der Waals surface area contributed by atoms with Crippen molar-refractivity contribution in [3.05, 3.63) is 219 Å². The molecule has 0 atom stereocenters. The molecule has 7 aromatic heterocycles. The van der Waals surface area contributed by atoms with Crippen molar-refractivity contribution in [2.24, 2.45) is 0 Å². The van der Waals surface area contributed by atoms with Crippen LogP contribution >= 0.6 is 0 Å². The highest BCUT2D eigenvalue weighted by Crippen LogP contribution is 2.52. The number of hydrogen-bond acceptors (Lipinski definition) is 4. The number of hydrogen-bond donors (Lipinski definition) is 0. The first kappa shape index (κ1) is 38.1. The molecule has 0 N–H and O–H groups in total. The van der Waals surface area contributed by atoms with E-state index in [1.807, 2.05) is 24.8 Å². The zero-order chi connectivity index (χ0) is 46.8. The lowest BCUT2D eigenvalue weighted by Gasteiger charge is -2.12. The van der Waals surface area contributed by atoms with Gasteiger partial charge in [-0.05, 0) is 116 Å². The van der Waals surface area contributed by atoms with Crippen LogP contribution in [0.3, 0.4) is 0 Å². The van der Waals surface area contributed by atoms with Crippen LogP contribution in [0.25, 0.3) is 164 Å². The van der Waals surface area contributed by atoms with Gasteiger partial charge in [0.05, 0.1) is 44.1 Å². The zero-order valence-electron chi connectivity index (χ0n) is 38.5. The van der Waals surface area contributed by atoms with E-state index in [1.54, 1.807) is 0 Å². The number of aromatic nitrogens is 6. The summed E-state index contributed by atoms with van der Waals surface area (Å²) in [5.41, 5.74) is 19.6. The zero-order valence-corrected chi connectivity index (χ0v) is 38.5. The fraction of sp³-hybridized carbons (Fsp3) is 0. The monoisotopic (exact) mass is 912 g/mol. The van der Waals surface area contributed by atoms with E-state index in [0.717, 1.165) is 109 Å². The van der Waals surface area contributed by atoms with E-state index in [2.05, 4.69) is 203 Å². The van der Waals surface area contributed by atoms with Crippen molar-refractivity contribution in [1.82, 2.24) is 28.7 Å². The average molecular weight is 913 g/mol. The van der Waals surface area contributed by atoms with Crippen LogP contribution in [0.5, 0.6) is 0 Å². The minimum Gasteiger partial charge on any atom is -0.306 e. The predicted molar refractivity (Wildman–Crippen MR) is 299 cm³/mol. The molecule has 17 aromatic rings. The van der Waals surface area contributed by atoms with Gasteiger partial charge in [-0.2, -0.15) is 0 Å². The van der Waals surface area contributed by atoms with Crippen molar-refractivity contribution >= 4 is 120 Å². The maximum Gasteiger partial charge on any atom is 0.100 e. The fourth-order valence-electron chi connectivity index (χ4n) is 12.6. The van der Waals surface area contributed by atoms with Crippen molar-refractivity contribution in [1.29, 1.82) is 0 Å². The Hall–Kier alpha value is -9.78. The van der Waals surface area contributed by atoms with Gasteiger partial charge in [-0.3, -0.25) is 9.97 Å². The quantitative estimate of drug-likeness (QED) is 0.130. The minimum absolute atomic E-state index is 0.817. The number of benzene rings is 10. The molecule has 0 amide bonds. The van der Waals surface area contributed by atoms with Gasteiger partial charge in [-0.1, -0.05) is 133 Å². The smallest absolute Gasteiger partial charge is 0.100 e. The molecule has 0 aliphatic carbocycles. The average Bonchev–Trinajstić information content (AvgIpc) is 4.20. The molecule has 0 bridgehead atoms. The van der Waals surface area contributed by atoms with Gasteiger partial charge in [-0.15, -0.1) is 0 Å². The van der Waals surface area contributed by atoms with Crippen LogP contribution in [0.2, 0.25) is 0 Å². The molecule has 7 heterocycles. The molecule has 0 spiro atoms. The Labute approximate surface area is 410 Å². The third kappa shape index (κ3) is 4.97. The van der Waals surface area contributed by atoms with Gasteiger partial charge in [0, 0.05) is 78.6 Å². The molecule has 0 aliphatic rings. The number of fused-ring (bicyclic) bond motifs is 22. The van der Waals surface area contributed by atoms with E-state index < -0.39 is 0 Å². The summed E-state index contributed by atoms with van der Waals surface area (Å²) in [5, 5.41) is 13.4. The molecule has 6 nitrogen and oxygen atoms in total. The first-order valence-electron chi connectivity index (χ1n) is 24.5. The molecular formula is C66H36N6. The van der Waals surface area contributed by atoms with Gasteiger partial charge in [0.2, 0.25) is 0 Å². The van der Waals surface area contributed by atoms with Crippen LogP contribution in [0.1, 0.15) is 0 Å². The normalized spacial score (nSPS) is 12.4. The molecule has 72 heavy (non-hydrogen) atoms. The Morgan fingerprint density at radius 2 is 0.611 bits per heavy atom. The summed E-state index contributed by atoms with van der Waals surface area (Å²) in [6.07, 6.45) is 7.64. The topological polar surface area (TPSA) is 60.4 Å². The summed E-state index contributed by atoms with van der Waals surface area (Å²) in [5.74, 6) is 0. The second-order valence-electron chi connectivity index (χ2n) is 19.3. The van der Waals surface area contributed by atoms with Gasteiger partial charge in [0.15, 0.2) is 0 Å². The van der Waals surface area contributed by atoms with E-state index in [9.17, 15) is 0 Å². The van der Waals surface area contributed by atoms with Crippen LogP contribution in [0.4, 0.5) is 0 Å². The van der Waals surface area contributed by atoms with Crippen LogP contribution in [-0.4, -0.2) is 28.7 Å². The van der Waals surface area contributed by atoms with Gasteiger partial charge < -0.3 is 8.80 Å². The highest BCUT2D eigenvalue weighted by atomic mass is 15.0. The van der Waals surface area contributed by atoms with E-state index in [0.29, 0.717) is 0 Å². The highest BCUT2D eigenvalue weighted by Gasteiger charge is 2.30. The summed E-state index contributed by atoms with van der Waals surface area (Å²) in [7, 11) is 0. The maximum absolute atomic E-state index is 5.94. The van der Waals surface area contributed by atoms with E-state index in [-0.39, 0.29) is 0 Å². The summed E-state index contributed by atoms with van der Waals surface area (Å²) in [6.45, 7) is 0. The lowest BCUT2D eigenvalue weighted by atomic mass is 9.95. The van der Waals surface area contributed by atoms with Crippen molar-refractivity contribution < 1.29 is 0 Å². The lowest BCUT2D eigenvalue weighted by Crippen LogP contribution is -1.95. The van der Waals surface area contributed by atoms with Crippen LogP contribution < -0.4 is 0 Å². The van der Waals surface area contributed by atoms with Gasteiger partial charge in [-0.25, -0.2) is 9.97 Å². The predicted octanol–water partition coefficient (Wildman–Crippen LogP) is 16.8. The SMILES string of the molecule is c1ccc(-c2ccc3c(c2)c2cc(-c4ccccc4)cc4c5c6nc7c8cnccc8c8ccncc8c7nc6c6c7cc(-c8ccccc8)cc8c9cc(-c%10ccccc%10)ccc9n(c87)c6c5n3c24)cc1. The van der Waals surface area contributed by atoms with Crippen molar-refractivity contribution in [2.75, 3.05) is 0 Å². The molecule has 330 valence electrons. The molecule has 6 heteroatoms. The maximum atomic E-state index is 5.94. The van der Waals surface area contributed by atoms with E-state index in [1.165, 1.54) is 54.8 Å².